The summed E-state index contributed by atoms with van der Waals surface area (Å²) >= 11 is 6.05. The van der Waals surface area contributed by atoms with Crippen LogP contribution in [0.1, 0.15) is 33.6 Å². The summed E-state index contributed by atoms with van der Waals surface area (Å²) in [5.74, 6) is 0.498. The van der Waals surface area contributed by atoms with Gasteiger partial charge in [-0.2, -0.15) is 4.31 Å². The lowest BCUT2D eigenvalue weighted by Crippen LogP contribution is -2.35. The summed E-state index contributed by atoms with van der Waals surface area (Å²) in [4.78, 5) is 4.19. The highest BCUT2D eigenvalue weighted by atomic mass is 35.5. The molecule has 0 aromatic carbocycles. The summed E-state index contributed by atoms with van der Waals surface area (Å²) in [6.45, 7) is 6.51. The second-order valence-electron chi connectivity index (χ2n) is 4.69. The smallest absolute Gasteiger partial charge is 0.244 e. The average Bonchev–Trinajstić information content (AvgIpc) is 2.40. The van der Waals surface area contributed by atoms with Gasteiger partial charge in [0.05, 0.1) is 5.02 Å². The minimum absolute atomic E-state index is 0.0581. The lowest BCUT2D eigenvalue weighted by molar-refractivity contribution is 0.368. The molecule has 1 heterocycles. The maximum absolute atomic E-state index is 12.5. The Morgan fingerprint density at radius 3 is 2.60 bits per heavy atom. The van der Waals surface area contributed by atoms with Crippen molar-refractivity contribution >= 4 is 27.4 Å². The number of hydrogen-bond donors (Lipinski definition) is 1. The summed E-state index contributed by atoms with van der Waals surface area (Å²) in [6.07, 6.45) is 3.08. The highest BCUT2D eigenvalue weighted by Gasteiger charge is 2.25. The third kappa shape index (κ3) is 3.84. The molecule has 0 fully saturated rings. The van der Waals surface area contributed by atoms with E-state index in [-0.39, 0.29) is 10.9 Å². The van der Waals surface area contributed by atoms with E-state index in [2.05, 4.69) is 10.3 Å². The maximum atomic E-state index is 12.5. The fourth-order valence-corrected chi connectivity index (χ4v) is 3.52. The molecule has 1 aromatic rings. The maximum Gasteiger partial charge on any atom is 0.244 e. The minimum Gasteiger partial charge on any atom is -0.369 e. The SMILES string of the molecule is CCCC(C)N(C)S(=O)(=O)c1cnc(NCC)c(Cl)c1. The van der Waals surface area contributed by atoms with Gasteiger partial charge in [-0.3, -0.25) is 0 Å². The first-order chi connectivity index (χ1) is 9.34. The van der Waals surface area contributed by atoms with Crippen LogP contribution in [0.15, 0.2) is 17.2 Å². The number of aromatic nitrogens is 1. The van der Waals surface area contributed by atoms with Crippen molar-refractivity contribution in [1.82, 2.24) is 9.29 Å². The van der Waals surface area contributed by atoms with Crippen LogP contribution in [-0.2, 0) is 10.0 Å². The molecule has 1 N–H and O–H groups in total. The van der Waals surface area contributed by atoms with Crippen molar-refractivity contribution in [2.75, 3.05) is 18.9 Å². The number of sulfonamides is 1. The normalized spacial score (nSPS) is 13.5. The molecule has 0 amide bonds. The van der Waals surface area contributed by atoms with E-state index < -0.39 is 10.0 Å². The molecule has 1 rings (SSSR count). The topological polar surface area (TPSA) is 62.3 Å². The van der Waals surface area contributed by atoms with Crippen LogP contribution in [0.3, 0.4) is 0 Å². The Balaban J connectivity index is 3.07. The molecule has 0 aliphatic carbocycles. The van der Waals surface area contributed by atoms with Crippen LogP contribution in [0.2, 0.25) is 5.02 Å². The highest BCUT2D eigenvalue weighted by Crippen LogP contribution is 2.25. The Morgan fingerprint density at radius 1 is 1.45 bits per heavy atom. The van der Waals surface area contributed by atoms with Gasteiger partial charge in [0.2, 0.25) is 10.0 Å². The number of hydrogen-bond acceptors (Lipinski definition) is 4. The van der Waals surface area contributed by atoms with Crippen molar-refractivity contribution in [3.8, 4) is 0 Å². The Hall–Kier alpha value is -0.850. The van der Waals surface area contributed by atoms with Crippen LogP contribution < -0.4 is 5.32 Å². The summed E-state index contributed by atoms with van der Waals surface area (Å²) in [6, 6.07) is 1.38. The summed E-state index contributed by atoms with van der Waals surface area (Å²) in [5, 5.41) is 3.28. The minimum atomic E-state index is -3.56. The summed E-state index contributed by atoms with van der Waals surface area (Å²) in [7, 11) is -1.97. The Morgan fingerprint density at radius 2 is 2.10 bits per heavy atom. The molecule has 5 nitrogen and oxygen atoms in total. The molecule has 0 radical (unpaired) electrons. The molecule has 0 saturated heterocycles. The quantitative estimate of drug-likeness (QED) is 0.839. The second kappa shape index (κ2) is 7.24. The molecule has 0 aliphatic rings. The van der Waals surface area contributed by atoms with E-state index in [9.17, 15) is 8.42 Å². The van der Waals surface area contributed by atoms with E-state index in [1.807, 2.05) is 20.8 Å². The van der Waals surface area contributed by atoms with Gasteiger partial charge < -0.3 is 5.32 Å². The third-order valence-electron chi connectivity index (χ3n) is 3.16. The number of nitrogens with one attached hydrogen (secondary N) is 1. The first-order valence-electron chi connectivity index (χ1n) is 6.72. The molecule has 0 saturated carbocycles. The molecule has 1 unspecified atom stereocenters. The number of nitrogens with zero attached hydrogens (tertiary/aromatic N) is 2. The summed E-state index contributed by atoms with van der Waals surface area (Å²) < 4.78 is 26.3. The van der Waals surface area contributed by atoms with Gasteiger partial charge >= 0.3 is 0 Å². The van der Waals surface area contributed by atoms with Crippen molar-refractivity contribution in [1.29, 1.82) is 0 Å². The Labute approximate surface area is 126 Å². The van der Waals surface area contributed by atoms with Crippen LogP contribution >= 0.6 is 11.6 Å². The monoisotopic (exact) mass is 319 g/mol. The van der Waals surface area contributed by atoms with Crippen molar-refractivity contribution in [2.24, 2.45) is 0 Å². The number of rotatable bonds is 7. The third-order valence-corrected chi connectivity index (χ3v) is 5.39. The Bertz CT molecular complexity index is 549. The van der Waals surface area contributed by atoms with Gasteiger partial charge in [-0.1, -0.05) is 24.9 Å². The highest BCUT2D eigenvalue weighted by molar-refractivity contribution is 7.89. The van der Waals surface area contributed by atoms with Crippen molar-refractivity contribution in [3.63, 3.8) is 0 Å². The number of pyridine rings is 1. The van der Waals surface area contributed by atoms with E-state index in [1.165, 1.54) is 16.6 Å². The van der Waals surface area contributed by atoms with Gasteiger partial charge in [0, 0.05) is 25.8 Å². The number of anilines is 1. The van der Waals surface area contributed by atoms with Gasteiger partial charge in [0.25, 0.3) is 0 Å². The van der Waals surface area contributed by atoms with E-state index in [0.29, 0.717) is 17.4 Å². The zero-order valence-electron chi connectivity index (χ0n) is 12.4. The van der Waals surface area contributed by atoms with Crippen LogP contribution in [0.5, 0.6) is 0 Å². The second-order valence-corrected chi connectivity index (χ2v) is 7.10. The fourth-order valence-electron chi connectivity index (χ4n) is 1.86. The van der Waals surface area contributed by atoms with Gasteiger partial charge in [0.15, 0.2) is 0 Å². The molecule has 20 heavy (non-hydrogen) atoms. The fraction of sp³-hybridized carbons (Fsp3) is 0.615. The van der Waals surface area contributed by atoms with Crippen molar-refractivity contribution in [2.45, 2.75) is 44.6 Å². The zero-order chi connectivity index (χ0) is 15.3. The predicted octanol–water partition coefficient (Wildman–Crippen LogP) is 2.98. The molecule has 1 atom stereocenters. The van der Waals surface area contributed by atoms with E-state index in [1.54, 1.807) is 7.05 Å². The van der Waals surface area contributed by atoms with Crippen molar-refractivity contribution in [3.05, 3.63) is 17.3 Å². The van der Waals surface area contributed by atoms with Gasteiger partial charge in [-0.05, 0) is 26.3 Å². The van der Waals surface area contributed by atoms with E-state index in [4.69, 9.17) is 11.6 Å². The van der Waals surface area contributed by atoms with Gasteiger partial charge in [-0.25, -0.2) is 13.4 Å². The first-order valence-corrected chi connectivity index (χ1v) is 8.53. The largest absolute Gasteiger partial charge is 0.369 e. The van der Waals surface area contributed by atoms with Crippen LogP contribution in [0.4, 0.5) is 5.82 Å². The van der Waals surface area contributed by atoms with E-state index in [0.717, 1.165) is 12.8 Å². The van der Waals surface area contributed by atoms with Crippen LogP contribution in [-0.4, -0.2) is 37.3 Å². The molecular formula is C13H22ClN3O2S. The average molecular weight is 320 g/mol. The predicted molar refractivity (Wildman–Crippen MR) is 82.7 cm³/mol. The Kier molecular flexibility index (Phi) is 6.23. The molecule has 114 valence electrons. The zero-order valence-corrected chi connectivity index (χ0v) is 13.9. The lowest BCUT2D eigenvalue weighted by Gasteiger charge is -2.24. The van der Waals surface area contributed by atoms with Crippen molar-refractivity contribution < 1.29 is 8.42 Å². The molecule has 7 heteroatoms. The van der Waals surface area contributed by atoms with Crippen LogP contribution in [0.25, 0.3) is 0 Å². The molecule has 0 spiro atoms. The van der Waals surface area contributed by atoms with Crippen LogP contribution in [0, 0.1) is 0 Å². The summed E-state index contributed by atoms with van der Waals surface area (Å²) in [5.41, 5.74) is 0. The standard InChI is InChI=1S/C13H22ClN3O2S/c1-5-7-10(3)17(4)20(18,19)11-8-12(14)13(15-6-2)16-9-11/h8-10H,5-7H2,1-4H3,(H,15,16). The molecule has 1 aromatic heterocycles. The molecule has 0 bridgehead atoms. The lowest BCUT2D eigenvalue weighted by atomic mass is 10.2. The first kappa shape index (κ1) is 17.2. The molecule has 0 aliphatic heterocycles. The van der Waals surface area contributed by atoms with E-state index >= 15 is 0 Å². The van der Waals surface area contributed by atoms with Gasteiger partial charge in [0.1, 0.15) is 10.7 Å². The van der Waals surface area contributed by atoms with Gasteiger partial charge in [-0.15, -0.1) is 0 Å². The number of halogens is 1. The molecular weight excluding hydrogens is 298 g/mol.